The van der Waals surface area contributed by atoms with Crippen LogP contribution in [0.1, 0.15) is 47.0 Å². The molecule has 0 bridgehead atoms. The summed E-state index contributed by atoms with van der Waals surface area (Å²) in [7, 11) is 0. The predicted molar refractivity (Wildman–Crippen MR) is 73.5 cm³/mol. The van der Waals surface area contributed by atoms with Crippen molar-refractivity contribution < 1.29 is 14.7 Å². The molecule has 0 spiro atoms. The van der Waals surface area contributed by atoms with E-state index in [-0.39, 0.29) is 16.7 Å². The van der Waals surface area contributed by atoms with Gasteiger partial charge in [-0.2, -0.15) is 0 Å². The summed E-state index contributed by atoms with van der Waals surface area (Å²) in [5.41, 5.74) is -0.100. The number of rotatable bonds is 4. The Balaban J connectivity index is 2.88. The minimum Gasteiger partial charge on any atom is -0.480 e. The van der Waals surface area contributed by atoms with Crippen molar-refractivity contribution in [1.29, 1.82) is 0 Å². The first-order valence-corrected chi connectivity index (χ1v) is 7.49. The Morgan fingerprint density at radius 2 is 2.00 bits per heavy atom. The summed E-state index contributed by atoms with van der Waals surface area (Å²) in [4.78, 5) is 25.1. The van der Waals surface area contributed by atoms with E-state index in [1.165, 1.54) is 0 Å². The maximum Gasteiger partial charge on any atom is 0.327 e. The van der Waals surface area contributed by atoms with E-state index in [9.17, 15) is 14.7 Å². The molecule has 0 aliphatic carbocycles. The first-order chi connectivity index (χ1) is 8.29. The third-order valence-corrected chi connectivity index (χ3v) is 4.82. The average molecular weight is 273 g/mol. The molecule has 104 valence electrons. The normalized spacial score (nSPS) is 24.3. The number of nitrogens with zero attached hydrogens (tertiary/aromatic N) is 1. The molecule has 5 heteroatoms. The van der Waals surface area contributed by atoms with Gasteiger partial charge in [-0.05, 0) is 11.8 Å². The fourth-order valence-electron chi connectivity index (χ4n) is 2.13. The number of hydrogen-bond donors (Lipinski definition) is 1. The van der Waals surface area contributed by atoms with E-state index in [4.69, 9.17) is 0 Å². The molecule has 1 fully saturated rings. The second kappa shape index (κ2) is 5.95. The van der Waals surface area contributed by atoms with Crippen molar-refractivity contribution in [2.45, 2.75) is 58.4 Å². The molecule has 1 amide bonds. The average Bonchev–Trinajstić information content (AvgIpc) is 2.69. The van der Waals surface area contributed by atoms with Gasteiger partial charge in [0.15, 0.2) is 0 Å². The molecule has 1 aliphatic rings. The summed E-state index contributed by atoms with van der Waals surface area (Å²) in [5.74, 6) is -0.414. The molecule has 1 heterocycles. The van der Waals surface area contributed by atoms with Gasteiger partial charge in [0.05, 0.1) is 5.37 Å². The molecule has 1 aliphatic heterocycles. The van der Waals surface area contributed by atoms with Gasteiger partial charge >= 0.3 is 5.97 Å². The molecule has 0 aromatic rings. The Morgan fingerprint density at radius 3 is 2.44 bits per heavy atom. The lowest BCUT2D eigenvalue weighted by Crippen LogP contribution is -2.49. The standard InChI is InChI=1S/C13H23NO3S/c1-5-6-7-10(15)14-9(11(16)17)8-18-12(14)13(2,3)4/h9,12H,5-8H2,1-4H3,(H,16,17). The molecule has 4 nitrogen and oxygen atoms in total. The lowest BCUT2D eigenvalue weighted by molar-refractivity contribution is -0.150. The highest BCUT2D eigenvalue weighted by Gasteiger charge is 2.45. The summed E-state index contributed by atoms with van der Waals surface area (Å²) in [6.07, 6.45) is 2.22. The van der Waals surface area contributed by atoms with Gasteiger partial charge in [-0.15, -0.1) is 11.8 Å². The number of carboxylic acids is 1. The van der Waals surface area contributed by atoms with Gasteiger partial charge in [0.1, 0.15) is 6.04 Å². The van der Waals surface area contributed by atoms with E-state index in [1.54, 1.807) is 16.7 Å². The summed E-state index contributed by atoms with van der Waals surface area (Å²) >= 11 is 1.58. The van der Waals surface area contributed by atoms with Crippen LogP contribution in [0.15, 0.2) is 0 Å². The van der Waals surface area contributed by atoms with Crippen molar-refractivity contribution in [1.82, 2.24) is 4.90 Å². The number of aliphatic carboxylic acids is 1. The van der Waals surface area contributed by atoms with E-state index in [2.05, 4.69) is 20.8 Å². The zero-order valence-electron chi connectivity index (χ0n) is 11.6. The molecule has 0 aromatic heterocycles. The Bertz CT molecular complexity index is 325. The number of carbonyl (C=O) groups is 2. The molecule has 1 saturated heterocycles. The van der Waals surface area contributed by atoms with Gasteiger partial charge in [-0.3, -0.25) is 4.79 Å². The lowest BCUT2D eigenvalue weighted by Gasteiger charge is -2.35. The molecule has 2 unspecified atom stereocenters. The molecule has 1 rings (SSSR count). The van der Waals surface area contributed by atoms with Gasteiger partial charge < -0.3 is 10.0 Å². The van der Waals surface area contributed by atoms with Crippen LogP contribution in [-0.2, 0) is 9.59 Å². The van der Waals surface area contributed by atoms with Crippen molar-refractivity contribution in [2.75, 3.05) is 5.75 Å². The number of unbranched alkanes of at least 4 members (excludes halogenated alkanes) is 1. The van der Waals surface area contributed by atoms with Crippen LogP contribution < -0.4 is 0 Å². The number of carbonyl (C=O) groups excluding carboxylic acids is 1. The topological polar surface area (TPSA) is 57.6 Å². The van der Waals surface area contributed by atoms with Crippen molar-refractivity contribution in [3.8, 4) is 0 Å². The van der Waals surface area contributed by atoms with Crippen molar-refractivity contribution in [3.05, 3.63) is 0 Å². The molecule has 2 atom stereocenters. The minimum atomic E-state index is -0.890. The first kappa shape index (κ1) is 15.3. The molecule has 0 radical (unpaired) electrons. The Hall–Kier alpha value is -0.710. The zero-order valence-corrected chi connectivity index (χ0v) is 12.4. The van der Waals surface area contributed by atoms with Crippen LogP contribution in [-0.4, -0.2) is 39.1 Å². The molecule has 0 saturated carbocycles. The molecular weight excluding hydrogens is 250 g/mol. The van der Waals surface area contributed by atoms with Gasteiger partial charge in [0, 0.05) is 12.2 Å². The van der Waals surface area contributed by atoms with Crippen molar-refractivity contribution in [3.63, 3.8) is 0 Å². The van der Waals surface area contributed by atoms with Gasteiger partial charge in [-0.25, -0.2) is 4.79 Å². The summed E-state index contributed by atoms with van der Waals surface area (Å²) < 4.78 is 0. The lowest BCUT2D eigenvalue weighted by atomic mass is 9.94. The highest BCUT2D eigenvalue weighted by molar-refractivity contribution is 8.00. The molecule has 1 N–H and O–H groups in total. The van der Waals surface area contributed by atoms with Crippen LogP contribution in [0.4, 0.5) is 0 Å². The fourth-order valence-corrected chi connectivity index (χ4v) is 3.72. The molecule has 18 heavy (non-hydrogen) atoms. The van der Waals surface area contributed by atoms with Crippen LogP contribution in [0.2, 0.25) is 0 Å². The fraction of sp³-hybridized carbons (Fsp3) is 0.846. The van der Waals surface area contributed by atoms with Crippen LogP contribution in [0.3, 0.4) is 0 Å². The number of amides is 1. The highest BCUT2D eigenvalue weighted by Crippen LogP contribution is 2.40. The SMILES string of the molecule is CCCCC(=O)N1C(C(=O)O)CSC1C(C)(C)C. The van der Waals surface area contributed by atoms with Crippen LogP contribution in [0.5, 0.6) is 0 Å². The maximum atomic E-state index is 12.2. The van der Waals surface area contributed by atoms with E-state index in [0.29, 0.717) is 12.2 Å². The predicted octanol–water partition coefficient (Wildman–Crippen LogP) is 2.58. The van der Waals surface area contributed by atoms with Gasteiger partial charge in [0.2, 0.25) is 5.91 Å². The van der Waals surface area contributed by atoms with Crippen LogP contribution in [0.25, 0.3) is 0 Å². The Labute approximate surface area is 113 Å². The number of hydrogen-bond acceptors (Lipinski definition) is 3. The van der Waals surface area contributed by atoms with Crippen molar-refractivity contribution in [2.24, 2.45) is 5.41 Å². The minimum absolute atomic E-state index is 0.0193. The van der Waals surface area contributed by atoms with E-state index in [0.717, 1.165) is 12.8 Å². The second-order valence-corrected chi connectivity index (χ2v) is 6.92. The zero-order chi connectivity index (χ0) is 13.9. The smallest absolute Gasteiger partial charge is 0.327 e. The monoisotopic (exact) mass is 273 g/mol. The first-order valence-electron chi connectivity index (χ1n) is 6.44. The van der Waals surface area contributed by atoms with Crippen LogP contribution >= 0.6 is 11.8 Å². The third-order valence-electron chi connectivity index (χ3n) is 3.06. The number of carboxylic acid groups (broad SMARTS) is 1. The largest absolute Gasteiger partial charge is 0.480 e. The second-order valence-electron chi connectivity index (χ2n) is 5.81. The van der Waals surface area contributed by atoms with Crippen LogP contribution in [0, 0.1) is 5.41 Å². The van der Waals surface area contributed by atoms with Crippen molar-refractivity contribution >= 4 is 23.6 Å². The molecule has 0 aromatic carbocycles. The summed E-state index contributed by atoms with van der Waals surface area (Å²) in [6, 6.07) is -0.663. The summed E-state index contributed by atoms with van der Waals surface area (Å²) in [6.45, 7) is 8.18. The number of thioether (sulfide) groups is 1. The van der Waals surface area contributed by atoms with E-state index >= 15 is 0 Å². The quantitative estimate of drug-likeness (QED) is 0.855. The Morgan fingerprint density at radius 1 is 1.39 bits per heavy atom. The van der Waals surface area contributed by atoms with Gasteiger partial charge in [0.25, 0.3) is 0 Å². The summed E-state index contributed by atoms with van der Waals surface area (Å²) in [5, 5.41) is 9.20. The maximum absolute atomic E-state index is 12.2. The van der Waals surface area contributed by atoms with E-state index < -0.39 is 12.0 Å². The molecular formula is C13H23NO3S. The third kappa shape index (κ3) is 3.40. The Kier molecular flexibility index (Phi) is 5.08. The van der Waals surface area contributed by atoms with Gasteiger partial charge in [-0.1, -0.05) is 34.1 Å². The highest BCUT2D eigenvalue weighted by atomic mass is 32.2. The van der Waals surface area contributed by atoms with E-state index in [1.807, 2.05) is 6.92 Å².